The number of benzene rings is 1. The van der Waals surface area contributed by atoms with E-state index in [0.29, 0.717) is 0 Å². The van der Waals surface area contributed by atoms with Gasteiger partial charge in [-0.05, 0) is 40.2 Å². The number of anilines is 1. The Morgan fingerprint density at radius 3 is 2.55 bits per heavy atom. The van der Waals surface area contributed by atoms with E-state index in [1.165, 1.54) is 42.1 Å². The van der Waals surface area contributed by atoms with Crippen molar-refractivity contribution in [3.05, 3.63) is 57.2 Å². The molecule has 0 aliphatic heterocycles. The molecule has 8 heteroatoms. The Morgan fingerprint density at radius 2 is 1.95 bits per heavy atom. The highest BCUT2D eigenvalue weighted by molar-refractivity contribution is 9.10. The van der Waals surface area contributed by atoms with E-state index in [9.17, 15) is 17.6 Å². The smallest absolute Gasteiger partial charge is 0.262 e. The van der Waals surface area contributed by atoms with E-state index in [1.54, 1.807) is 0 Å². The molecule has 0 aliphatic rings. The number of halogens is 2. The van der Waals surface area contributed by atoms with Crippen LogP contribution in [0.15, 0.2) is 50.7 Å². The van der Waals surface area contributed by atoms with E-state index in [1.807, 2.05) is 0 Å². The molecule has 1 aromatic carbocycles. The zero-order valence-electron chi connectivity index (χ0n) is 10.3. The molecule has 0 spiro atoms. The zero-order valence-corrected chi connectivity index (χ0v) is 12.7. The van der Waals surface area contributed by atoms with Gasteiger partial charge in [-0.1, -0.05) is 0 Å². The van der Waals surface area contributed by atoms with Crippen LogP contribution in [0.3, 0.4) is 0 Å². The summed E-state index contributed by atoms with van der Waals surface area (Å²) in [5.41, 5.74) is -0.0435. The summed E-state index contributed by atoms with van der Waals surface area (Å²) in [6, 6.07) is 6.08. The molecular formula is C12H10BrFN2O3S. The number of pyridine rings is 1. The van der Waals surface area contributed by atoms with Crippen LogP contribution in [0.25, 0.3) is 0 Å². The molecule has 106 valence electrons. The third kappa shape index (κ3) is 3.07. The molecule has 2 aromatic rings. The van der Waals surface area contributed by atoms with Crippen molar-refractivity contribution in [1.29, 1.82) is 0 Å². The van der Waals surface area contributed by atoms with E-state index in [0.717, 1.165) is 6.07 Å². The van der Waals surface area contributed by atoms with Crippen LogP contribution in [0.4, 0.5) is 10.1 Å². The Morgan fingerprint density at radius 1 is 1.25 bits per heavy atom. The fourth-order valence-electron chi connectivity index (χ4n) is 1.51. The first-order chi connectivity index (χ1) is 9.29. The van der Waals surface area contributed by atoms with Gasteiger partial charge in [0.15, 0.2) is 0 Å². The van der Waals surface area contributed by atoms with Crippen molar-refractivity contribution in [2.75, 3.05) is 4.72 Å². The van der Waals surface area contributed by atoms with Gasteiger partial charge in [0.05, 0.1) is 15.1 Å². The second-order valence-electron chi connectivity index (χ2n) is 4.05. The van der Waals surface area contributed by atoms with Crippen LogP contribution in [-0.2, 0) is 17.1 Å². The van der Waals surface area contributed by atoms with Crippen molar-refractivity contribution in [2.24, 2.45) is 7.05 Å². The molecule has 0 amide bonds. The van der Waals surface area contributed by atoms with Gasteiger partial charge in [0.25, 0.3) is 10.0 Å². The monoisotopic (exact) mass is 360 g/mol. The molecule has 0 radical (unpaired) electrons. The summed E-state index contributed by atoms with van der Waals surface area (Å²) < 4.78 is 41.2. The molecule has 1 aromatic heterocycles. The lowest BCUT2D eigenvalue weighted by Crippen LogP contribution is -2.18. The standard InChI is InChI=1S/C12H10BrFN2O3S/c1-16-7-8(2-5-12(16)17)15-20(18,19)9-3-4-10(13)11(14)6-9/h2-7,15H,1H3. The summed E-state index contributed by atoms with van der Waals surface area (Å²) >= 11 is 2.95. The van der Waals surface area contributed by atoms with Gasteiger partial charge in [-0.15, -0.1) is 0 Å². The van der Waals surface area contributed by atoms with Crippen molar-refractivity contribution in [3.63, 3.8) is 0 Å². The summed E-state index contributed by atoms with van der Waals surface area (Å²) in [7, 11) is -2.41. The largest absolute Gasteiger partial charge is 0.316 e. The fraction of sp³-hybridized carbons (Fsp3) is 0.0833. The molecule has 5 nitrogen and oxygen atoms in total. The molecule has 0 saturated heterocycles. The van der Waals surface area contributed by atoms with Crippen LogP contribution in [0.2, 0.25) is 0 Å². The fourth-order valence-corrected chi connectivity index (χ4v) is 2.81. The van der Waals surface area contributed by atoms with Crippen molar-refractivity contribution in [3.8, 4) is 0 Å². The maximum atomic E-state index is 13.4. The number of aryl methyl sites for hydroxylation is 1. The van der Waals surface area contributed by atoms with Crippen LogP contribution >= 0.6 is 15.9 Å². The highest BCUT2D eigenvalue weighted by atomic mass is 79.9. The van der Waals surface area contributed by atoms with Gasteiger partial charge >= 0.3 is 0 Å². The average Bonchev–Trinajstić information content (AvgIpc) is 2.37. The highest BCUT2D eigenvalue weighted by Crippen LogP contribution is 2.21. The zero-order chi connectivity index (χ0) is 14.9. The molecular weight excluding hydrogens is 351 g/mol. The molecule has 1 heterocycles. The Balaban J connectivity index is 2.37. The molecule has 0 bridgehead atoms. The number of rotatable bonds is 3. The minimum atomic E-state index is -3.91. The Bertz CT molecular complexity index is 818. The highest BCUT2D eigenvalue weighted by Gasteiger charge is 2.16. The minimum absolute atomic E-state index is 0.179. The molecule has 0 atom stereocenters. The first-order valence-corrected chi connectivity index (χ1v) is 7.72. The molecule has 2 rings (SSSR count). The average molecular weight is 361 g/mol. The van der Waals surface area contributed by atoms with E-state index in [4.69, 9.17) is 0 Å². The summed E-state index contributed by atoms with van der Waals surface area (Å²) in [4.78, 5) is 11.0. The van der Waals surface area contributed by atoms with Crippen molar-refractivity contribution in [1.82, 2.24) is 4.57 Å². The minimum Gasteiger partial charge on any atom is -0.316 e. The van der Waals surface area contributed by atoms with E-state index in [2.05, 4.69) is 20.7 Å². The Hall–Kier alpha value is -1.67. The topological polar surface area (TPSA) is 68.2 Å². The second kappa shape index (κ2) is 5.37. The Labute approximate surface area is 123 Å². The summed E-state index contributed by atoms with van der Waals surface area (Å²) in [5.74, 6) is -0.673. The quantitative estimate of drug-likeness (QED) is 0.910. The number of aromatic nitrogens is 1. The first-order valence-electron chi connectivity index (χ1n) is 5.44. The normalized spacial score (nSPS) is 11.3. The van der Waals surface area contributed by atoms with E-state index < -0.39 is 15.8 Å². The summed E-state index contributed by atoms with van der Waals surface area (Å²) in [6.45, 7) is 0. The van der Waals surface area contributed by atoms with Crippen LogP contribution in [0, 0.1) is 5.82 Å². The SMILES string of the molecule is Cn1cc(NS(=O)(=O)c2ccc(Br)c(F)c2)ccc1=O. The predicted molar refractivity (Wildman–Crippen MR) is 76.6 cm³/mol. The molecule has 0 fully saturated rings. The lowest BCUT2D eigenvalue weighted by molar-refractivity contribution is 0.593. The molecule has 0 unspecified atom stereocenters. The van der Waals surface area contributed by atoms with Crippen molar-refractivity contribution < 1.29 is 12.8 Å². The van der Waals surface area contributed by atoms with Gasteiger partial charge in [-0.2, -0.15) is 0 Å². The molecule has 1 N–H and O–H groups in total. The number of nitrogens with one attached hydrogen (secondary N) is 1. The summed E-state index contributed by atoms with van der Waals surface area (Å²) in [5, 5.41) is 0. The Kier molecular flexibility index (Phi) is 3.96. The van der Waals surface area contributed by atoms with Gasteiger partial charge < -0.3 is 4.57 Å². The lowest BCUT2D eigenvalue weighted by Gasteiger charge is -2.09. The van der Waals surface area contributed by atoms with Gasteiger partial charge in [0.1, 0.15) is 5.82 Å². The van der Waals surface area contributed by atoms with Gasteiger partial charge in [-0.25, -0.2) is 12.8 Å². The molecule has 20 heavy (non-hydrogen) atoms. The third-order valence-corrected chi connectivity index (χ3v) is 4.56. The summed E-state index contributed by atoms with van der Waals surface area (Å²) in [6.07, 6.45) is 1.34. The van der Waals surface area contributed by atoms with Gasteiger partial charge in [0.2, 0.25) is 5.56 Å². The molecule has 0 saturated carbocycles. The number of nitrogens with zero attached hydrogens (tertiary/aromatic N) is 1. The van der Waals surface area contributed by atoms with Gasteiger partial charge in [-0.3, -0.25) is 9.52 Å². The third-order valence-electron chi connectivity index (χ3n) is 2.54. The van der Waals surface area contributed by atoms with Crippen LogP contribution < -0.4 is 10.3 Å². The van der Waals surface area contributed by atoms with Crippen LogP contribution in [-0.4, -0.2) is 13.0 Å². The maximum absolute atomic E-state index is 13.4. The van der Waals surface area contributed by atoms with Crippen molar-refractivity contribution in [2.45, 2.75) is 4.90 Å². The molecule has 0 aliphatic carbocycles. The van der Waals surface area contributed by atoms with E-state index in [-0.39, 0.29) is 20.6 Å². The number of sulfonamides is 1. The van der Waals surface area contributed by atoms with E-state index >= 15 is 0 Å². The van der Waals surface area contributed by atoms with Crippen LogP contribution in [0.1, 0.15) is 0 Å². The van der Waals surface area contributed by atoms with Crippen molar-refractivity contribution >= 4 is 31.6 Å². The number of hydrogen-bond donors (Lipinski definition) is 1. The lowest BCUT2D eigenvalue weighted by atomic mass is 10.3. The van der Waals surface area contributed by atoms with Crippen LogP contribution in [0.5, 0.6) is 0 Å². The second-order valence-corrected chi connectivity index (χ2v) is 6.59. The number of hydrogen-bond acceptors (Lipinski definition) is 3. The maximum Gasteiger partial charge on any atom is 0.262 e. The predicted octanol–water partition coefficient (Wildman–Crippen LogP) is 2.09. The first kappa shape index (κ1) is 14.7. The van der Waals surface area contributed by atoms with Gasteiger partial charge in [0, 0.05) is 19.3 Å².